The van der Waals surface area contributed by atoms with E-state index in [0.717, 1.165) is 9.48 Å². The van der Waals surface area contributed by atoms with Gasteiger partial charge in [0.25, 0.3) is 5.91 Å². The van der Waals surface area contributed by atoms with Crippen LogP contribution in [-0.4, -0.2) is 15.7 Å². The molecule has 2 rings (SSSR count). The van der Waals surface area contributed by atoms with Gasteiger partial charge >= 0.3 is 0 Å². The molecule has 0 aromatic carbocycles. The molecule has 0 bridgehead atoms. The molecule has 2 aromatic heterocycles. The van der Waals surface area contributed by atoms with Crippen LogP contribution in [0.3, 0.4) is 0 Å². The summed E-state index contributed by atoms with van der Waals surface area (Å²) in [6.45, 7) is 2.31. The number of aromatic nitrogens is 2. The second kappa shape index (κ2) is 5.99. The van der Waals surface area contributed by atoms with Crippen LogP contribution in [0.25, 0.3) is 0 Å². The Morgan fingerprint density at radius 3 is 3.05 bits per heavy atom. The van der Waals surface area contributed by atoms with Crippen LogP contribution in [0, 0.1) is 18.3 Å². The summed E-state index contributed by atoms with van der Waals surface area (Å²) in [5.41, 5.74) is 0.806. The zero-order valence-electron chi connectivity index (χ0n) is 10.2. The number of nitrogens with one attached hydrogen (secondary N) is 1. The molecule has 0 aliphatic rings. The van der Waals surface area contributed by atoms with E-state index in [-0.39, 0.29) is 5.91 Å². The maximum atomic E-state index is 12.0. The number of nitrogens with zero attached hydrogens (tertiary/aromatic N) is 3. The highest BCUT2D eigenvalue weighted by Crippen LogP contribution is 2.23. The minimum atomic E-state index is -0.172. The van der Waals surface area contributed by atoms with Gasteiger partial charge in [-0.15, -0.1) is 11.3 Å². The van der Waals surface area contributed by atoms with Crippen LogP contribution in [0.15, 0.2) is 22.0 Å². The zero-order chi connectivity index (χ0) is 13.8. The molecule has 2 heterocycles. The Morgan fingerprint density at radius 2 is 2.42 bits per heavy atom. The molecule has 19 heavy (non-hydrogen) atoms. The van der Waals surface area contributed by atoms with Crippen molar-refractivity contribution in [2.75, 3.05) is 5.32 Å². The third kappa shape index (κ3) is 3.43. The first-order chi connectivity index (χ1) is 9.10. The van der Waals surface area contributed by atoms with Crippen molar-refractivity contribution >= 4 is 39.0 Å². The smallest absolute Gasteiger partial charge is 0.266 e. The van der Waals surface area contributed by atoms with Gasteiger partial charge < -0.3 is 5.32 Å². The lowest BCUT2D eigenvalue weighted by Gasteiger charge is -2.06. The van der Waals surface area contributed by atoms with Crippen molar-refractivity contribution < 1.29 is 4.79 Å². The SMILES string of the molecule is Cc1cc(NC(=O)c2ccc(Br)s2)n(CCC#N)n1. The molecule has 2 aromatic rings. The molecule has 5 nitrogen and oxygen atoms in total. The molecule has 1 N–H and O–H groups in total. The maximum Gasteiger partial charge on any atom is 0.266 e. The minimum Gasteiger partial charge on any atom is -0.306 e. The highest BCUT2D eigenvalue weighted by Gasteiger charge is 2.12. The molecule has 0 aliphatic carbocycles. The van der Waals surface area contributed by atoms with E-state index in [1.165, 1.54) is 11.3 Å². The summed E-state index contributed by atoms with van der Waals surface area (Å²) in [6, 6.07) is 7.44. The van der Waals surface area contributed by atoms with Gasteiger partial charge in [-0.25, -0.2) is 4.68 Å². The predicted molar refractivity (Wildman–Crippen MR) is 77.2 cm³/mol. The van der Waals surface area contributed by atoms with Crippen molar-refractivity contribution in [3.63, 3.8) is 0 Å². The van der Waals surface area contributed by atoms with Gasteiger partial charge in [-0.1, -0.05) is 0 Å². The number of carbonyl (C=O) groups excluding carboxylic acids is 1. The number of hydrogen-bond acceptors (Lipinski definition) is 4. The Bertz CT molecular complexity index is 640. The molecule has 0 saturated carbocycles. The normalized spacial score (nSPS) is 10.2. The molecular formula is C12H11BrN4OS. The first-order valence-electron chi connectivity index (χ1n) is 5.58. The fraction of sp³-hybridized carbons (Fsp3) is 0.250. The lowest BCUT2D eigenvalue weighted by Crippen LogP contribution is -2.14. The monoisotopic (exact) mass is 338 g/mol. The summed E-state index contributed by atoms with van der Waals surface area (Å²) < 4.78 is 2.55. The van der Waals surface area contributed by atoms with E-state index in [1.807, 2.05) is 13.0 Å². The van der Waals surface area contributed by atoms with Crippen LogP contribution in [0.5, 0.6) is 0 Å². The van der Waals surface area contributed by atoms with E-state index in [9.17, 15) is 4.79 Å². The van der Waals surface area contributed by atoms with Crippen molar-refractivity contribution in [2.45, 2.75) is 19.9 Å². The van der Waals surface area contributed by atoms with E-state index < -0.39 is 0 Å². The number of halogens is 1. The number of aryl methyl sites for hydroxylation is 2. The van der Waals surface area contributed by atoms with E-state index in [1.54, 1.807) is 16.8 Å². The summed E-state index contributed by atoms with van der Waals surface area (Å²) in [5.74, 6) is 0.441. The third-order valence-corrected chi connectivity index (χ3v) is 4.00. The number of thiophene rings is 1. The molecule has 0 atom stereocenters. The molecule has 0 radical (unpaired) electrons. The predicted octanol–water partition coefficient (Wildman–Crippen LogP) is 3.18. The summed E-state index contributed by atoms with van der Waals surface area (Å²) in [6.07, 6.45) is 0.356. The van der Waals surface area contributed by atoms with Gasteiger partial charge in [-0.2, -0.15) is 10.4 Å². The van der Waals surface area contributed by atoms with Crippen LogP contribution in [0.1, 0.15) is 21.8 Å². The third-order valence-electron chi connectivity index (χ3n) is 2.38. The van der Waals surface area contributed by atoms with Crippen LogP contribution < -0.4 is 5.32 Å². The molecule has 0 saturated heterocycles. The Balaban J connectivity index is 2.14. The molecule has 0 fully saturated rings. The number of nitriles is 1. The average Bonchev–Trinajstić information content (AvgIpc) is 2.93. The van der Waals surface area contributed by atoms with Crippen LogP contribution in [0.4, 0.5) is 5.82 Å². The fourth-order valence-electron chi connectivity index (χ4n) is 1.59. The highest BCUT2D eigenvalue weighted by atomic mass is 79.9. The Labute approximate surface area is 123 Å². The Morgan fingerprint density at radius 1 is 1.63 bits per heavy atom. The van der Waals surface area contributed by atoms with Gasteiger partial charge in [0, 0.05) is 6.07 Å². The summed E-state index contributed by atoms with van der Waals surface area (Å²) in [5, 5.41) is 15.7. The largest absolute Gasteiger partial charge is 0.306 e. The highest BCUT2D eigenvalue weighted by molar-refractivity contribution is 9.11. The summed E-state index contributed by atoms with van der Waals surface area (Å²) in [7, 11) is 0. The average molecular weight is 339 g/mol. The van der Waals surface area contributed by atoms with Gasteiger partial charge in [-0.05, 0) is 35.0 Å². The zero-order valence-corrected chi connectivity index (χ0v) is 12.6. The quantitative estimate of drug-likeness (QED) is 0.930. The van der Waals surface area contributed by atoms with Crippen LogP contribution in [-0.2, 0) is 6.54 Å². The second-order valence-corrected chi connectivity index (χ2v) is 6.32. The molecule has 0 spiro atoms. The van der Waals surface area contributed by atoms with Crippen molar-refractivity contribution in [3.05, 3.63) is 32.6 Å². The molecule has 0 unspecified atom stereocenters. The lowest BCUT2D eigenvalue weighted by atomic mass is 10.4. The van der Waals surface area contributed by atoms with Crippen molar-refractivity contribution in [3.8, 4) is 6.07 Å². The van der Waals surface area contributed by atoms with E-state index in [0.29, 0.717) is 23.7 Å². The number of hydrogen-bond donors (Lipinski definition) is 1. The van der Waals surface area contributed by atoms with Gasteiger partial charge in [0.05, 0.1) is 33.4 Å². The number of carbonyl (C=O) groups is 1. The lowest BCUT2D eigenvalue weighted by molar-refractivity contribution is 0.102. The summed E-state index contributed by atoms with van der Waals surface area (Å²) >= 11 is 4.69. The second-order valence-electron chi connectivity index (χ2n) is 3.86. The topological polar surface area (TPSA) is 70.7 Å². The number of rotatable bonds is 4. The molecule has 98 valence electrons. The van der Waals surface area contributed by atoms with Crippen molar-refractivity contribution in [2.24, 2.45) is 0 Å². The molecule has 0 aliphatic heterocycles. The first kappa shape index (κ1) is 13.8. The minimum absolute atomic E-state index is 0.172. The Kier molecular flexibility index (Phi) is 4.35. The Hall–Kier alpha value is -1.65. The van der Waals surface area contributed by atoms with Crippen molar-refractivity contribution in [1.82, 2.24) is 9.78 Å². The number of anilines is 1. The molecular weight excluding hydrogens is 328 g/mol. The fourth-order valence-corrected chi connectivity index (χ4v) is 2.87. The molecule has 7 heteroatoms. The van der Waals surface area contributed by atoms with Gasteiger partial charge in [0.2, 0.25) is 0 Å². The standard InChI is InChI=1S/C12H11BrN4OS/c1-8-7-11(17(16-8)6-2-5-14)15-12(18)9-3-4-10(13)19-9/h3-4,7H,2,6H2,1H3,(H,15,18). The summed E-state index contributed by atoms with van der Waals surface area (Å²) in [4.78, 5) is 12.7. The first-order valence-corrected chi connectivity index (χ1v) is 7.19. The van der Waals surface area contributed by atoms with Gasteiger partial charge in [0.1, 0.15) is 5.82 Å². The van der Waals surface area contributed by atoms with E-state index >= 15 is 0 Å². The number of amides is 1. The van der Waals surface area contributed by atoms with Crippen LogP contribution >= 0.6 is 27.3 Å². The maximum absolute atomic E-state index is 12.0. The van der Waals surface area contributed by atoms with E-state index in [4.69, 9.17) is 5.26 Å². The molecule has 1 amide bonds. The van der Waals surface area contributed by atoms with Crippen LogP contribution in [0.2, 0.25) is 0 Å². The van der Waals surface area contributed by atoms with Crippen molar-refractivity contribution in [1.29, 1.82) is 5.26 Å². The van der Waals surface area contributed by atoms with Gasteiger partial charge in [-0.3, -0.25) is 4.79 Å². The van der Waals surface area contributed by atoms with Gasteiger partial charge in [0.15, 0.2) is 0 Å². The van der Waals surface area contributed by atoms with E-state index in [2.05, 4.69) is 32.4 Å².